The first-order valence-electron chi connectivity index (χ1n) is 4.54. The predicted molar refractivity (Wildman–Crippen MR) is 49.0 cm³/mol. The maximum atomic E-state index is 11.5. The second-order valence-electron chi connectivity index (χ2n) is 3.38. The summed E-state index contributed by atoms with van der Waals surface area (Å²) < 4.78 is 0. The minimum Gasteiger partial charge on any atom is -0.394 e. The zero-order chi connectivity index (χ0) is 10.7. The van der Waals surface area contributed by atoms with Crippen molar-refractivity contribution in [1.29, 1.82) is 0 Å². The lowest BCUT2D eigenvalue weighted by Crippen LogP contribution is -2.51. The highest BCUT2D eigenvalue weighted by Gasteiger charge is 2.34. The zero-order valence-corrected chi connectivity index (χ0v) is 7.85. The number of nitrogens with two attached hydrogens (primary N) is 2. The molecule has 1 heterocycles. The van der Waals surface area contributed by atoms with Crippen molar-refractivity contribution < 1.29 is 14.7 Å². The molecule has 0 aromatic heterocycles. The third kappa shape index (κ3) is 2.02. The van der Waals surface area contributed by atoms with E-state index in [0.717, 1.165) is 6.42 Å². The van der Waals surface area contributed by atoms with E-state index in [0.29, 0.717) is 13.0 Å². The molecule has 14 heavy (non-hydrogen) atoms. The van der Waals surface area contributed by atoms with Gasteiger partial charge in [-0.1, -0.05) is 0 Å². The van der Waals surface area contributed by atoms with Gasteiger partial charge < -0.3 is 21.5 Å². The van der Waals surface area contributed by atoms with E-state index in [-0.39, 0.29) is 0 Å². The van der Waals surface area contributed by atoms with Crippen LogP contribution >= 0.6 is 0 Å². The van der Waals surface area contributed by atoms with Crippen molar-refractivity contribution in [1.82, 2.24) is 4.90 Å². The summed E-state index contributed by atoms with van der Waals surface area (Å²) in [5.41, 5.74) is 10.5. The number of primary amides is 1. The summed E-state index contributed by atoms with van der Waals surface area (Å²) in [6.45, 7) is 0.0704. The molecule has 0 aromatic rings. The lowest BCUT2D eigenvalue weighted by Gasteiger charge is -2.24. The minimum atomic E-state index is -0.949. The number of rotatable bonds is 3. The van der Waals surface area contributed by atoms with Gasteiger partial charge in [0.15, 0.2) is 0 Å². The van der Waals surface area contributed by atoms with E-state index < -0.39 is 30.5 Å². The third-order valence-electron chi connectivity index (χ3n) is 2.38. The van der Waals surface area contributed by atoms with Crippen molar-refractivity contribution in [3.05, 3.63) is 0 Å². The fourth-order valence-corrected chi connectivity index (χ4v) is 1.62. The molecule has 1 aliphatic heterocycles. The van der Waals surface area contributed by atoms with Gasteiger partial charge in [0.1, 0.15) is 12.1 Å². The molecule has 2 atom stereocenters. The van der Waals surface area contributed by atoms with Gasteiger partial charge in [-0.2, -0.15) is 0 Å². The molecule has 1 saturated heterocycles. The number of aliphatic hydroxyl groups is 1. The Bertz CT molecular complexity index is 244. The summed E-state index contributed by atoms with van der Waals surface area (Å²) in [6, 6.07) is -1.50. The molecular formula is C8H15N3O3. The van der Waals surface area contributed by atoms with E-state index in [1.54, 1.807) is 0 Å². The summed E-state index contributed by atoms with van der Waals surface area (Å²) in [5, 5.41) is 8.70. The monoisotopic (exact) mass is 201 g/mol. The largest absolute Gasteiger partial charge is 0.394 e. The number of hydrogen-bond acceptors (Lipinski definition) is 4. The van der Waals surface area contributed by atoms with E-state index in [2.05, 4.69) is 0 Å². The van der Waals surface area contributed by atoms with Crippen LogP contribution in [0.4, 0.5) is 0 Å². The molecule has 1 aliphatic rings. The third-order valence-corrected chi connectivity index (χ3v) is 2.38. The maximum absolute atomic E-state index is 11.5. The van der Waals surface area contributed by atoms with E-state index in [1.807, 2.05) is 0 Å². The average Bonchev–Trinajstić information content (AvgIpc) is 2.63. The minimum absolute atomic E-state index is 0.409. The van der Waals surface area contributed by atoms with Gasteiger partial charge in [-0.15, -0.1) is 0 Å². The molecule has 0 unspecified atom stereocenters. The molecule has 2 amide bonds. The van der Waals surface area contributed by atoms with Gasteiger partial charge in [-0.25, -0.2) is 0 Å². The highest BCUT2D eigenvalue weighted by atomic mass is 16.3. The first-order chi connectivity index (χ1) is 6.57. The van der Waals surface area contributed by atoms with E-state index in [9.17, 15) is 9.59 Å². The van der Waals surface area contributed by atoms with Gasteiger partial charge in [-0.3, -0.25) is 9.59 Å². The molecule has 1 rings (SSSR count). The van der Waals surface area contributed by atoms with Crippen molar-refractivity contribution in [3.63, 3.8) is 0 Å². The van der Waals surface area contributed by atoms with Gasteiger partial charge >= 0.3 is 0 Å². The quantitative estimate of drug-likeness (QED) is 0.480. The standard InChI is InChI=1S/C8H15N3O3/c9-5(4-12)8(14)11-3-1-2-6(11)7(10)13/h5-6,12H,1-4,9H2,(H2,10,13)/t5-,6-/m0/s1. The second-order valence-corrected chi connectivity index (χ2v) is 3.38. The fourth-order valence-electron chi connectivity index (χ4n) is 1.62. The molecule has 0 radical (unpaired) electrons. The Hall–Kier alpha value is -1.14. The Morgan fingerprint density at radius 3 is 2.71 bits per heavy atom. The SMILES string of the molecule is NC(=O)[C@@H]1CCCN1C(=O)[C@@H](N)CO. The van der Waals surface area contributed by atoms with Crippen LogP contribution in [0, 0.1) is 0 Å². The fraction of sp³-hybridized carbons (Fsp3) is 0.750. The number of amides is 2. The van der Waals surface area contributed by atoms with Gasteiger partial charge in [-0.05, 0) is 12.8 Å². The summed E-state index contributed by atoms with van der Waals surface area (Å²) in [6.07, 6.45) is 1.33. The van der Waals surface area contributed by atoms with E-state index in [4.69, 9.17) is 16.6 Å². The first kappa shape index (κ1) is 10.9. The lowest BCUT2D eigenvalue weighted by atomic mass is 10.2. The van der Waals surface area contributed by atoms with Crippen LogP contribution in [-0.2, 0) is 9.59 Å². The molecular weight excluding hydrogens is 186 g/mol. The summed E-state index contributed by atoms with van der Waals surface area (Å²) >= 11 is 0. The number of carbonyl (C=O) groups excluding carboxylic acids is 2. The molecule has 6 nitrogen and oxygen atoms in total. The lowest BCUT2D eigenvalue weighted by molar-refractivity contribution is -0.139. The predicted octanol–water partition coefficient (Wildman–Crippen LogP) is -2.22. The van der Waals surface area contributed by atoms with Crippen molar-refractivity contribution in [3.8, 4) is 0 Å². The second kappa shape index (κ2) is 4.39. The molecule has 6 heteroatoms. The van der Waals surface area contributed by atoms with Gasteiger partial charge in [0.25, 0.3) is 0 Å². The number of nitrogens with zero attached hydrogens (tertiary/aromatic N) is 1. The molecule has 80 valence electrons. The summed E-state index contributed by atoms with van der Waals surface area (Å²) in [5.74, 6) is -0.921. The van der Waals surface area contributed by atoms with Crippen LogP contribution in [0.1, 0.15) is 12.8 Å². The van der Waals surface area contributed by atoms with Crippen LogP contribution in [-0.4, -0.2) is 47.1 Å². The van der Waals surface area contributed by atoms with Gasteiger partial charge in [0.2, 0.25) is 11.8 Å². The van der Waals surface area contributed by atoms with Crippen molar-refractivity contribution in [2.45, 2.75) is 24.9 Å². The van der Waals surface area contributed by atoms with Crippen LogP contribution in [0.5, 0.6) is 0 Å². The van der Waals surface area contributed by atoms with Crippen molar-refractivity contribution >= 4 is 11.8 Å². The average molecular weight is 201 g/mol. The van der Waals surface area contributed by atoms with E-state index >= 15 is 0 Å². The Labute approximate surface area is 81.8 Å². The number of hydrogen-bond donors (Lipinski definition) is 3. The van der Waals surface area contributed by atoms with Crippen LogP contribution in [0.3, 0.4) is 0 Å². The summed E-state index contributed by atoms with van der Waals surface area (Å²) in [7, 11) is 0. The van der Waals surface area contributed by atoms with Gasteiger partial charge in [0.05, 0.1) is 6.61 Å². The highest BCUT2D eigenvalue weighted by molar-refractivity contribution is 5.89. The van der Waals surface area contributed by atoms with Crippen molar-refractivity contribution in [2.24, 2.45) is 11.5 Å². The number of aliphatic hydroxyl groups excluding tert-OH is 1. The van der Waals surface area contributed by atoms with E-state index in [1.165, 1.54) is 4.90 Å². The highest BCUT2D eigenvalue weighted by Crippen LogP contribution is 2.17. The Kier molecular flexibility index (Phi) is 3.43. The number of carbonyl (C=O) groups is 2. The van der Waals surface area contributed by atoms with Crippen molar-refractivity contribution in [2.75, 3.05) is 13.2 Å². The molecule has 0 aromatic carbocycles. The molecule has 0 spiro atoms. The molecule has 0 aliphatic carbocycles. The molecule has 0 bridgehead atoms. The first-order valence-corrected chi connectivity index (χ1v) is 4.54. The smallest absolute Gasteiger partial charge is 0.242 e. The van der Waals surface area contributed by atoms with Crippen LogP contribution in [0.15, 0.2) is 0 Å². The Morgan fingerprint density at radius 2 is 2.21 bits per heavy atom. The molecule has 0 saturated carbocycles. The normalized spacial score (nSPS) is 23.6. The maximum Gasteiger partial charge on any atom is 0.242 e. The Morgan fingerprint density at radius 1 is 1.57 bits per heavy atom. The molecule has 5 N–H and O–H groups in total. The van der Waals surface area contributed by atoms with Crippen LogP contribution < -0.4 is 11.5 Å². The van der Waals surface area contributed by atoms with Crippen LogP contribution in [0.25, 0.3) is 0 Å². The van der Waals surface area contributed by atoms with Gasteiger partial charge in [0, 0.05) is 6.54 Å². The molecule has 1 fully saturated rings. The summed E-state index contributed by atoms with van der Waals surface area (Å²) in [4.78, 5) is 23.8. The zero-order valence-electron chi connectivity index (χ0n) is 7.85. The number of likely N-dealkylation sites (tertiary alicyclic amines) is 1. The Balaban J connectivity index is 2.67. The topological polar surface area (TPSA) is 110 Å². The van der Waals surface area contributed by atoms with Crippen LogP contribution in [0.2, 0.25) is 0 Å².